The van der Waals surface area contributed by atoms with Crippen LogP contribution in [-0.4, -0.2) is 16.9 Å². The molecule has 20 heavy (non-hydrogen) atoms. The van der Waals surface area contributed by atoms with E-state index < -0.39 is 0 Å². The molecule has 4 nitrogen and oxygen atoms in total. The van der Waals surface area contributed by atoms with Gasteiger partial charge in [-0.3, -0.25) is 4.79 Å². The van der Waals surface area contributed by atoms with Gasteiger partial charge in [-0.25, -0.2) is 4.98 Å². The van der Waals surface area contributed by atoms with E-state index in [0.717, 1.165) is 18.5 Å². The van der Waals surface area contributed by atoms with Gasteiger partial charge in [-0.05, 0) is 37.3 Å². The van der Waals surface area contributed by atoms with Crippen LogP contribution in [0.4, 0.5) is 5.82 Å². The molecular formula is C16H25N3O. The zero-order valence-electron chi connectivity index (χ0n) is 12.5. The summed E-state index contributed by atoms with van der Waals surface area (Å²) in [7, 11) is 0. The lowest BCUT2D eigenvalue weighted by Crippen LogP contribution is -2.38. The Morgan fingerprint density at radius 2 is 2.10 bits per heavy atom. The molecule has 1 saturated carbocycles. The molecule has 1 heterocycles. The molecule has 1 aromatic heterocycles. The summed E-state index contributed by atoms with van der Waals surface area (Å²) in [5.41, 5.74) is 7.26. The van der Waals surface area contributed by atoms with Crippen LogP contribution >= 0.6 is 0 Å². The highest BCUT2D eigenvalue weighted by Gasteiger charge is 2.22. The predicted molar refractivity (Wildman–Crippen MR) is 81.5 cm³/mol. The molecule has 4 heteroatoms. The molecule has 1 aliphatic rings. The predicted octanol–water partition coefficient (Wildman–Crippen LogP) is 2.92. The fourth-order valence-corrected chi connectivity index (χ4v) is 2.88. The number of nitrogens with two attached hydrogens (primary N) is 1. The quantitative estimate of drug-likeness (QED) is 0.833. The van der Waals surface area contributed by atoms with Crippen LogP contribution in [0.15, 0.2) is 12.1 Å². The molecule has 0 bridgehead atoms. The van der Waals surface area contributed by atoms with Crippen LogP contribution in [0.5, 0.6) is 0 Å². The highest BCUT2D eigenvalue weighted by Crippen LogP contribution is 2.23. The average molecular weight is 275 g/mol. The summed E-state index contributed by atoms with van der Waals surface area (Å²) in [6, 6.07) is 3.78. The molecule has 2 unspecified atom stereocenters. The molecule has 1 aromatic rings. The maximum Gasteiger partial charge on any atom is 0.251 e. The van der Waals surface area contributed by atoms with Crippen molar-refractivity contribution in [1.29, 1.82) is 0 Å². The van der Waals surface area contributed by atoms with Gasteiger partial charge < -0.3 is 11.1 Å². The molecule has 1 amide bonds. The van der Waals surface area contributed by atoms with E-state index in [-0.39, 0.29) is 11.9 Å². The average Bonchev–Trinajstić information content (AvgIpc) is 2.63. The van der Waals surface area contributed by atoms with Crippen molar-refractivity contribution >= 4 is 11.7 Å². The number of hydrogen-bond acceptors (Lipinski definition) is 3. The summed E-state index contributed by atoms with van der Waals surface area (Å²) >= 11 is 0. The number of pyridine rings is 1. The number of rotatable bonds is 3. The molecule has 0 radical (unpaired) electrons. The van der Waals surface area contributed by atoms with E-state index in [9.17, 15) is 4.79 Å². The number of carbonyl (C=O) groups is 1. The largest absolute Gasteiger partial charge is 0.384 e. The van der Waals surface area contributed by atoms with Crippen LogP contribution < -0.4 is 11.1 Å². The minimum Gasteiger partial charge on any atom is -0.384 e. The van der Waals surface area contributed by atoms with Crippen LogP contribution in [0.2, 0.25) is 0 Å². The van der Waals surface area contributed by atoms with E-state index in [1.54, 1.807) is 6.07 Å². The minimum atomic E-state index is -0.0208. The topological polar surface area (TPSA) is 68.0 Å². The Bertz CT molecular complexity index is 473. The van der Waals surface area contributed by atoms with Gasteiger partial charge in [0.05, 0.1) is 0 Å². The Balaban J connectivity index is 2.09. The van der Waals surface area contributed by atoms with Crippen LogP contribution in [0.3, 0.4) is 0 Å². The molecule has 2 atom stereocenters. The van der Waals surface area contributed by atoms with Crippen molar-refractivity contribution in [3.8, 4) is 0 Å². The third kappa shape index (κ3) is 3.71. The fourth-order valence-electron chi connectivity index (χ4n) is 2.88. The number of hydrogen-bond donors (Lipinski definition) is 2. The molecule has 1 aliphatic carbocycles. The summed E-state index contributed by atoms with van der Waals surface area (Å²) in [5, 5.41) is 3.18. The van der Waals surface area contributed by atoms with E-state index >= 15 is 0 Å². The number of aromatic nitrogens is 1. The minimum absolute atomic E-state index is 0.0208. The molecule has 0 saturated heterocycles. The van der Waals surface area contributed by atoms with Crippen molar-refractivity contribution in [3.05, 3.63) is 23.4 Å². The first kappa shape index (κ1) is 14.8. The number of aryl methyl sites for hydroxylation is 1. The second-order valence-electron chi connectivity index (χ2n) is 5.82. The number of nitrogens with zero attached hydrogens (tertiary/aromatic N) is 1. The second kappa shape index (κ2) is 6.73. The van der Waals surface area contributed by atoms with Crippen molar-refractivity contribution in [2.45, 2.75) is 58.4 Å². The van der Waals surface area contributed by atoms with Crippen LogP contribution in [-0.2, 0) is 6.42 Å². The normalized spacial score (nSPS) is 23.1. The van der Waals surface area contributed by atoms with Crippen molar-refractivity contribution < 1.29 is 4.79 Å². The molecule has 0 aliphatic heterocycles. The smallest absolute Gasteiger partial charge is 0.251 e. The number of carbonyl (C=O) groups excluding carboxylic acids is 1. The lowest BCUT2D eigenvalue weighted by molar-refractivity contribution is 0.0921. The fraction of sp³-hybridized carbons (Fsp3) is 0.625. The second-order valence-corrected chi connectivity index (χ2v) is 5.82. The maximum absolute atomic E-state index is 12.4. The van der Waals surface area contributed by atoms with Gasteiger partial charge in [0.25, 0.3) is 5.91 Å². The van der Waals surface area contributed by atoms with Gasteiger partial charge in [-0.2, -0.15) is 0 Å². The zero-order chi connectivity index (χ0) is 14.5. The van der Waals surface area contributed by atoms with Gasteiger partial charge in [-0.1, -0.05) is 33.1 Å². The first-order valence-electron chi connectivity index (χ1n) is 7.67. The summed E-state index contributed by atoms with van der Waals surface area (Å²) in [5.74, 6) is 0.947. The van der Waals surface area contributed by atoms with Crippen molar-refractivity contribution in [3.63, 3.8) is 0 Å². The van der Waals surface area contributed by atoms with Gasteiger partial charge >= 0.3 is 0 Å². The van der Waals surface area contributed by atoms with Gasteiger partial charge in [-0.15, -0.1) is 0 Å². The molecule has 0 spiro atoms. The molecular weight excluding hydrogens is 250 g/mol. The van der Waals surface area contributed by atoms with Gasteiger partial charge in [0.1, 0.15) is 5.82 Å². The van der Waals surface area contributed by atoms with E-state index in [0.29, 0.717) is 17.3 Å². The first-order valence-corrected chi connectivity index (χ1v) is 7.67. The monoisotopic (exact) mass is 275 g/mol. The molecule has 2 rings (SSSR count). The Morgan fingerprint density at radius 1 is 1.35 bits per heavy atom. The lowest BCUT2D eigenvalue weighted by atomic mass is 9.96. The van der Waals surface area contributed by atoms with Gasteiger partial charge in [0, 0.05) is 17.3 Å². The Labute approximate surface area is 121 Å². The summed E-state index contributed by atoms with van der Waals surface area (Å²) in [6.45, 7) is 4.24. The van der Waals surface area contributed by atoms with Crippen LogP contribution in [0.25, 0.3) is 0 Å². The summed E-state index contributed by atoms with van der Waals surface area (Å²) in [6.07, 6.45) is 6.81. The third-order valence-corrected chi connectivity index (χ3v) is 4.20. The Hall–Kier alpha value is -1.58. The Morgan fingerprint density at radius 3 is 2.85 bits per heavy atom. The maximum atomic E-state index is 12.4. The van der Waals surface area contributed by atoms with Crippen LogP contribution in [0, 0.1) is 5.92 Å². The van der Waals surface area contributed by atoms with Crippen molar-refractivity contribution in [2.24, 2.45) is 5.92 Å². The number of anilines is 1. The van der Waals surface area contributed by atoms with E-state index in [1.807, 2.05) is 13.0 Å². The van der Waals surface area contributed by atoms with Crippen LogP contribution in [0.1, 0.15) is 62.0 Å². The van der Waals surface area contributed by atoms with Crippen molar-refractivity contribution in [1.82, 2.24) is 10.3 Å². The number of nitrogens with one attached hydrogen (secondary N) is 1. The third-order valence-electron chi connectivity index (χ3n) is 4.20. The van der Waals surface area contributed by atoms with E-state index in [1.165, 1.54) is 25.7 Å². The molecule has 1 fully saturated rings. The lowest BCUT2D eigenvalue weighted by Gasteiger charge is -2.23. The molecule has 3 N–H and O–H groups in total. The van der Waals surface area contributed by atoms with Gasteiger partial charge in [0.15, 0.2) is 0 Å². The number of amides is 1. The zero-order valence-corrected chi connectivity index (χ0v) is 12.5. The SMILES string of the molecule is CCc1cc(C(=O)NC2CCCCCC2C)cc(N)n1. The van der Waals surface area contributed by atoms with Crippen molar-refractivity contribution in [2.75, 3.05) is 5.73 Å². The standard InChI is InChI=1S/C16H25N3O/c1-3-13-9-12(10-15(17)18-13)16(20)19-14-8-6-4-5-7-11(14)2/h9-11,14H,3-8H2,1-2H3,(H2,17,18)(H,19,20). The molecule has 0 aromatic carbocycles. The van der Waals surface area contributed by atoms with E-state index in [4.69, 9.17) is 5.73 Å². The Kier molecular flexibility index (Phi) is 4.99. The van der Waals surface area contributed by atoms with E-state index in [2.05, 4.69) is 17.2 Å². The summed E-state index contributed by atoms with van der Waals surface area (Å²) < 4.78 is 0. The molecule has 110 valence electrons. The summed E-state index contributed by atoms with van der Waals surface area (Å²) in [4.78, 5) is 16.6. The number of nitrogen functional groups attached to an aromatic ring is 1. The van der Waals surface area contributed by atoms with Gasteiger partial charge in [0.2, 0.25) is 0 Å². The first-order chi connectivity index (χ1) is 9.60. The highest BCUT2D eigenvalue weighted by atomic mass is 16.1. The highest BCUT2D eigenvalue weighted by molar-refractivity contribution is 5.95.